The summed E-state index contributed by atoms with van der Waals surface area (Å²) in [6.45, 7) is 0.828. The van der Waals surface area contributed by atoms with Crippen molar-refractivity contribution in [2.45, 2.75) is 6.54 Å². The molecule has 3 nitrogen and oxygen atoms in total. The third-order valence-corrected chi connectivity index (χ3v) is 2.41. The Morgan fingerprint density at radius 3 is 2.77 bits per heavy atom. The molecule has 0 unspecified atom stereocenters. The minimum atomic E-state index is 0.828. The smallest absolute Gasteiger partial charge is 0.0794 e. The lowest BCUT2D eigenvalue weighted by molar-refractivity contribution is 1.17. The fourth-order valence-electron chi connectivity index (χ4n) is 0.988. The van der Waals surface area contributed by atoms with E-state index in [9.17, 15) is 0 Å². The first-order chi connectivity index (χ1) is 6.45. The minimum absolute atomic E-state index is 0.828. The first kappa shape index (κ1) is 8.19. The molecule has 13 heavy (non-hydrogen) atoms. The predicted octanol–water partition coefficient (Wildman–Crippen LogP) is 2.15. The van der Waals surface area contributed by atoms with E-state index in [0.717, 1.165) is 12.2 Å². The summed E-state index contributed by atoms with van der Waals surface area (Å²) in [6.07, 6.45) is 5.42. The van der Waals surface area contributed by atoms with Crippen LogP contribution in [0.25, 0.3) is 0 Å². The van der Waals surface area contributed by atoms with Crippen molar-refractivity contribution in [1.29, 1.82) is 0 Å². The number of hydrogen-bond donors (Lipinski definition) is 1. The van der Waals surface area contributed by atoms with Crippen molar-refractivity contribution in [3.63, 3.8) is 0 Å². The van der Waals surface area contributed by atoms with Gasteiger partial charge in [-0.05, 0) is 12.1 Å². The first-order valence-corrected chi connectivity index (χ1v) is 4.84. The highest BCUT2D eigenvalue weighted by Gasteiger charge is 1.93. The Morgan fingerprint density at radius 2 is 2.08 bits per heavy atom. The molecule has 2 heterocycles. The summed E-state index contributed by atoms with van der Waals surface area (Å²) in [5, 5.41) is 3.28. The number of aromatic nitrogens is 2. The number of nitrogens with one attached hydrogen (secondary N) is 1. The zero-order valence-corrected chi connectivity index (χ0v) is 7.79. The van der Waals surface area contributed by atoms with Gasteiger partial charge in [0, 0.05) is 29.2 Å². The second-order valence-corrected chi connectivity index (χ2v) is 3.53. The van der Waals surface area contributed by atoms with Crippen molar-refractivity contribution in [2.24, 2.45) is 0 Å². The molecular formula is C9H9N3S. The van der Waals surface area contributed by atoms with Crippen molar-refractivity contribution >= 4 is 17.0 Å². The van der Waals surface area contributed by atoms with Crippen LogP contribution in [-0.4, -0.2) is 9.97 Å². The highest BCUT2D eigenvalue weighted by atomic mass is 32.1. The van der Waals surface area contributed by atoms with Crippen LogP contribution in [0.2, 0.25) is 0 Å². The van der Waals surface area contributed by atoms with Crippen LogP contribution in [0, 0.1) is 0 Å². The Balaban J connectivity index is 1.94. The quantitative estimate of drug-likeness (QED) is 0.807. The lowest BCUT2D eigenvalue weighted by Crippen LogP contribution is -1.96. The Labute approximate surface area is 80.5 Å². The van der Waals surface area contributed by atoms with Crippen LogP contribution in [0.3, 0.4) is 0 Å². The van der Waals surface area contributed by atoms with E-state index in [1.807, 2.05) is 23.8 Å². The number of nitrogens with zero attached hydrogens (tertiary/aromatic N) is 2. The molecule has 0 fully saturated rings. The molecule has 0 aliphatic carbocycles. The van der Waals surface area contributed by atoms with Crippen LogP contribution < -0.4 is 5.32 Å². The number of rotatable bonds is 3. The standard InChI is InChI=1S/C9H9N3S/c1-3-10-4-2-8(1)12-6-9-5-11-7-13-9/h1-5,7H,6H2,(H,10,12). The molecule has 1 N–H and O–H groups in total. The largest absolute Gasteiger partial charge is 0.380 e. The van der Waals surface area contributed by atoms with Gasteiger partial charge in [0.25, 0.3) is 0 Å². The molecular weight excluding hydrogens is 182 g/mol. The van der Waals surface area contributed by atoms with Crippen LogP contribution in [-0.2, 0) is 6.54 Å². The summed E-state index contributed by atoms with van der Waals surface area (Å²) in [5.74, 6) is 0. The third-order valence-electron chi connectivity index (χ3n) is 1.63. The van der Waals surface area contributed by atoms with Crippen LogP contribution >= 0.6 is 11.3 Å². The summed E-state index contributed by atoms with van der Waals surface area (Å²) in [6, 6.07) is 3.89. The molecule has 0 aliphatic heterocycles. The van der Waals surface area contributed by atoms with Crippen molar-refractivity contribution in [2.75, 3.05) is 5.32 Å². The van der Waals surface area contributed by atoms with Gasteiger partial charge in [-0.15, -0.1) is 11.3 Å². The van der Waals surface area contributed by atoms with Gasteiger partial charge >= 0.3 is 0 Å². The SMILES string of the molecule is c1cc(NCc2cncs2)ccn1. The Bertz CT molecular complexity index is 344. The van der Waals surface area contributed by atoms with E-state index in [2.05, 4.69) is 15.3 Å². The normalized spacial score (nSPS) is 9.85. The summed E-state index contributed by atoms with van der Waals surface area (Å²) >= 11 is 1.65. The van der Waals surface area contributed by atoms with Gasteiger partial charge in [0.2, 0.25) is 0 Å². The van der Waals surface area contributed by atoms with Gasteiger partial charge in [0.05, 0.1) is 12.1 Å². The molecule has 0 spiro atoms. The Morgan fingerprint density at radius 1 is 1.23 bits per heavy atom. The van der Waals surface area contributed by atoms with Crippen molar-refractivity contribution in [1.82, 2.24) is 9.97 Å². The van der Waals surface area contributed by atoms with Gasteiger partial charge < -0.3 is 5.32 Å². The van der Waals surface area contributed by atoms with Crippen molar-refractivity contribution in [3.05, 3.63) is 41.1 Å². The zero-order chi connectivity index (χ0) is 8.93. The molecule has 0 amide bonds. The number of thiazole rings is 1. The summed E-state index contributed by atoms with van der Waals surface area (Å²) in [4.78, 5) is 9.17. The monoisotopic (exact) mass is 191 g/mol. The van der Waals surface area contributed by atoms with Gasteiger partial charge in [-0.1, -0.05) is 0 Å². The lowest BCUT2D eigenvalue weighted by Gasteiger charge is -2.02. The van der Waals surface area contributed by atoms with Gasteiger partial charge in [-0.3, -0.25) is 9.97 Å². The van der Waals surface area contributed by atoms with E-state index in [4.69, 9.17) is 0 Å². The van der Waals surface area contributed by atoms with E-state index in [-0.39, 0.29) is 0 Å². The number of pyridine rings is 1. The highest BCUT2D eigenvalue weighted by molar-refractivity contribution is 7.09. The molecule has 2 aromatic heterocycles. The fourth-order valence-corrected chi connectivity index (χ4v) is 1.52. The molecule has 0 bridgehead atoms. The number of anilines is 1. The van der Waals surface area contributed by atoms with Gasteiger partial charge in [-0.25, -0.2) is 0 Å². The van der Waals surface area contributed by atoms with Crippen LogP contribution in [0.5, 0.6) is 0 Å². The molecule has 2 rings (SSSR count). The Hall–Kier alpha value is -1.42. The molecule has 0 radical (unpaired) electrons. The van der Waals surface area contributed by atoms with Crippen LogP contribution in [0.1, 0.15) is 4.88 Å². The molecule has 0 aliphatic rings. The second-order valence-electron chi connectivity index (χ2n) is 2.56. The van der Waals surface area contributed by atoms with E-state index in [0.29, 0.717) is 0 Å². The average molecular weight is 191 g/mol. The number of hydrogen-bond acceptors (Lipinski definition) is 4. The molecule has 0 aromatic carbocycles. The summed E-state index contributed by atoms with van der Waals surface area (Å²) in [5.41, 5.74) is 2.92. The summed E-state index contributed by atoms with van der Waals surface area (Å²) in [7, 11) is 0. The van der Waals surface area contributed by atoms with Crippen LogP contribution in [0.15, 0.2) is 36.2 Å². The molecule has 4 heteroatoms. The molecule has 2 aromatic rings. The van der Waals surface area contributed by atoms with E-state index in [1.165, 1.54) is 4.88 Å². The maximum atomic E-state index is 4.00. The topological polar surface area (TPSA) is 37.8 Å². The van der Waals surface area contributed by atoms with Gasteiger partial charge in [0.1, 0.15) is 0 Å². The minimum Gasteiger partial charge on any atom is -0.380 e. The van der Waals surface area contributed by atoms with Gasteiger partial charge in [0.15, 0.2) is 0 Å². The third kappa shape index (κ3) is 2.26. The highest BCUT2D eigenvalue weighted by Crippen LogP contribution is 2.09. The average Bonchev–Trinajstić information content (AvgIpc) is 2.69. The lowest BCUT2D eigenvalue weighted by atomic mass is 10.4. The fraction of sp³-hybridized carbons (Fsp3) is 0.111. The van der Waals surface area contributed by atoms with Crippen molar-refractivity contribution in [3.8, 4) is 0 Å². The first-order valence-electron chi connectivity index (χ1n) is 3.96. The molecule has 0 saturated heterocycles. The zero-order valence-electron chi connectivity index (χ0n) is 6.97. The van der Waals surface area contributed by atoms with E-state index < -0.39 is 0 Å². The maximum absolute atomic E-state index is 4.00. The second kappa shape index (κ2) is 4.00. The van der Waals surface area contributed by atoms with E-state index in [1.54, 1.807) is 23.7 Å². The van der Waals surface area contributed by atoms with Crippen molar-refractivity contribution < 1.29 is 0 Å². The summed E-state index contributed by atoms with van der Waals surface area (Å²) < 4.78 is 0. The van der Waals surface area contributed by atoms with E-state index >= 15 is 0 Å². The molecule has 0 saturated carbocycles. The predicted molar refractivity (Wildman–Crippen MR) is 53.7 cm³/mol. The van der Waals surface area contributed by atoms with Gasteiger partial charge in [-0.2, -0.15) is 0 Å². The molecule has 66 valence electrons. The molecule has 0 atom stereocenters. The Kier molecular flexibility index (Phi) is 2.52. The van der Waals surface area contributed by atoms with Crippen LogP contribution in [0.4, 0.5) is 5.69 Å². The maximum Gasteiger partial charge on any atom is 0.0794 e.